The molecule has 0 saturated carbocycles. The third kappa shape index (κ3) is 4.57. The number of ether oxygens (including phenoxy) is 1. The summed E-state index contributed by atoms with van der Waals surface area (Å²) in [5.74, 6) is 2.23. The van der Waals surface area contributed by atoms with Gasteiger partial charge in [0.1, 0.15) is 16.5 Å². The van der Waals surface area contributed by atoms with Gasteiger partial charge in [0.2, 0.25) is 0 Å². The molecule has 6 nitrogen and oxygen atoms in total. The largest absolute Gasteiger partial charge is 0.497 e. The van der Waals surface area contributed by atoms with Crippen molar-refractivity contribution in [3.8, 4) is 5.75 Å². The molecule has 3 aromatic rings. The molecule has 1 aliphatic heterocycles. The molecule has 1 amide bonds. The van der Waals surface area contributed by atoms with E-state index in [1.807, 2.05) is 36.1 Å². The molecule has 30 heavy (non-hydrogen) atoms. The van der Waals surface area contributed by atoms with Crippen molar-refractivity contribution in [2.45, 2.75) is 24.1 Å². The van der Waals surface area contributed by atoms with E-state index in [1.54, 1.807) is 19.4 Å². The zero-order valence-electron chi connectivity index (χ0n) is 17.0. The van der Waals surface area contributed by atoms with Crippen molar-refractivity contribution in [3.63, 3.8) is 0 Å². The van der Waals surface area contributed by atoms with Gasteiger partial charge in [-0.05, 0) is 48.7 Å². The Bertz CT molecular complexity index is 1060. The Balaban J connectivity index is 1.44. The van der Waals surface area contributed by atoms with Crippen LogP contribution in [0.2, 0.25) is 0 Å². The molecule has 0 spiro atoms. The molecule has 4 rings (SSSR count). The molecule has 1 aromatic carbocycles. The summed E-state index contributed by atoms with van der Waals surface area (Å²) in [6.07, 6.45) is 4.66. The Labute approximate surface area is 179 Å². The van der Waals surface area contributed by atoms with Crippen molar-refractivity contribution in [2.24, 2.45) is 0 Å². The maximum atomic E-state index is 13.2. The molecule has 0 saturated heterocycles. The number of aromatic nitrogens is 2. The third-order valence-electron chi connectivity index (χ3n) is 4.99. The number of thioether (sulfide) groups is 1. The number of carbonyl (C=O) groups excluding carboxylic acids is 1. The summed E-state index contributed by atoms with van der Waals surface area (Å²) >= 11 is 1.50. The molecular formula is C23H23N3O3S. The maximum absolute atomic E-state index is 13.2. The summed E-state index contributed by atoms with van der Waals surface area (Å²) in [6.45, 7) is 3.13. The summed E-state index contributed by atoms with van der Waals surface area (Å²) in [7, 11) is 1.66. The van der Waals surface area contributed by atoms with Gasteiger partial charge in [-0.25, -0.2) is 4.98 Å². The molecule has 0 atom stereocenters. The second-order valence-electron chi connectivity index (χ2n) is 7.03. The van der Waals surface area contributed by atoms with Crippen LogP contribution in [0.4, 0.5) is 0 Å². The lowest BCUT2D eigenvalue weighted by Crippen LogP contribution is -2.35. The fourth-order valence-electron chi connectivity index (χ4n) is 3.39. The first-order valence-electron chi connectivity index (χ1n) is 9.77. The SMILES string of the molecule is COc1ccc(C2=CCN(C(=O)c3cccnc3SCc3cc(C)on3)CC2)cc1. The van der Waals surface area contributed by atoms with Gasteiger partial charge in [0.15, 0.2) is 0 Å². The number of methoxy groups -OCH3 is 1. The van der Waals surface area contributed by atoms with Gasteiger partial charge in [-0.1, -0.05) is 35.1 Å². The Morgan fingerprint density at radius 2 is 2.10 bits per heavy atom. The molecule has 0 bridgehead atoms. The highest BCUT2D eigenvalue weighted by atomic mass is 32.2. The van der Waals surface area contributed by atoms with Crippen LogP contribution in [0, 0.1) is 6.92 Å². The van der Waals surface area contributed by atoms with E-state index in [4.69, 9.17) is 9.26 Å². The first kappa shape index (κ1) is 20.2. The van der Waals surface area contributed by atoms with Crippen molar-refractivity contribution in [1.82, 2.24) is 15.0 Å². The lowest BCUT2D eigenvalue weighted by atomic mass is 9.99. The van der Waals surface area contributed by atoms with E-state index in [0.29, 0.717) is 29.4 Å². The summed E-state index contributed by atoms with van der Waals surface area (Å²) in [5, 5.41) is 4.72. The lowest BCUT2D eigenvalue weighted by Gasteiger charge is -2.27. The standard InChI is InChI=1S/C23H23N3O3S/c1-16-14-19(25-29-16)15-30-22-21(4-3-11-24-22)23(27)26-12-9-18(10-13-26)17-5-7-20(28-2)8-6-17/h3-9,11,14H,10,12-13,15H2,1-2H3. The number of hydrogen-bond donors (Lipinski definition) is 0. The monoisotopic (exact) mass is 421 g/mol. The summed E-state index contributed by atoms with van der Waals surface area (Å²) in [4.78, 5) is 19.4. The highest BCUT2D eigenvalue weighted by molar-refractivity contribution is 7.98. The molecule has 7 heteroatoms. The summed E-state index contributed by atoms with van der Waals surface area (Å²) in [5.41, 5.74) is 3.89. The highest BCUT2D eigenvalue weighted by Gasteiger charge is 2.22. The Morgan fingerprint density at radius 3 is 2.77 bits per heavy atom. The van der Waals surface area contributed by atoms with Crippen LogP contribution >= 0.6 is 11.8 Å². The van der Waals surface area contributed by atoms with Gasteiger partial charge in [0, 0.05) is 31.1 Å². The number of benzene rings is 1. The van der Waals surface area contributed by atoms with Crippen LogP contribution < -0.4 is 4.74 Å². The van der Waals surface area contributed by atoms with Crippen molar-refractivity contribution < 1.29 is 14.1 Å². The molecule has 0 aliphatic carbocycles. The average molecular weight is 422 g/mol. The zero-order chi connectivity index (χ0) is 20.9. The molecule has 0 fully saturated rings. The predicted octanol–water partition coefficient (Wildman–Crippen LogP) is 4.61. The van der Waals surface area contributed by atoms with E-state index < -0.39 is 0 Å². The van der Waals surface area contributed by atoms with Gasteiger partial charge >= 0.3 is 0 Å². The minimum Gasteiger partial charge on any atom is -0.497 e. The van der Waals surface area contributed by atoms with Gasteiger partial charge < -0.3 is 14.2 Å². The van der Waals surface area contributed by atoms with Crippen LogP contribution in [-0.4, -0.2) is 41.1 Å². The number of rotatable bonds is 6. The predicted molar refractivity (Wildman–Crippen MR) is 117 cm³/mol. The summed E-state index contributed by atoms with van der Waals surface area (Å²) in [6, 6.07) is 13.6. The highest BCUT2D eigenvalue weighted by Crippen LogP contribution is 2.28. The molecule has 0 N–H and O–H groups in total. The van der Waals surface area contributed by atoms with Crippen molar-refractivity contribution in [2.75, 3.05) is 20.2 Å². The van der Waals surface area contributed by atoms with Crippen molar-refractivity contribution in [1.29, 1.82) is 0 Å². The number of amides is 1. The minimum absolute atomic E-state index is 0.00645. The number of nitrogens with zero attached hydrogens (tertiary/aromatic N) is 3. The van der Waals surface area contributed by atoms with Gasteiger partial charge in [0.05, 0.1) is 18.4 Å². The second-order valence-corrected chi connectivity index (χ2v) is 8.00. The average Bonchev–Trinajstić information content (AvgIpc) is 3.22. The number of pyridine rings is 1. The molecule has 3 heterocycles. The topological polar surface area (TPSA) is 68.5 Å². The van der Waals surface area contributed by atoms with E-state index >= 15 is 0 Å². The van der Waals surface area contributed by atoms with Crippen LogP contribution in [0.5, 0.6) is 5.75 Å². The third-order valence-corrected chi connectivity index (χ3v) is 6.03. The van der Waals surface area contributed by atoms with E-state index in [0.717, 1.165) is 23.6 Å². The normalized spacial score (nSPS) is 13.8. The molecular weight excluding hydrogens is 398 g/mol. The van der Waals surface area contributed by atoms with Crippen LogP contribution in [0.15, 0.2) is 64.3 Å². The first-order chi connectivity index (χ1) is 14.6. The molecule has 1 aliphatic rings. The molecule has 0 unspecified atom stereocenters. The second kappa shape index (κ2) is 9.17. The maximum Gasteiger partial charge on any atom is 0.256 e. The van der Waals surface area contributed by atoms with Gasteiger partial charge in [-0.2, -0.15) is 0 Å². The van der Waals surface area contributed by atoms with E-state index in [-0.39, 0.29) is 5.91 Å². The zero-order valence-corrected chi connectivity index (χ0v) is 17.8. The van der Waals surface area contributed by atoms with E-state index in [9.17, 15) is 4.79 Å². The summed E-state index contributed by atoms with van der Waals surface area (Å²) < 4.78 is 10.3. The smallest absolute Gasteiger partial charge is 0.256 e. The quantitative estimate of drug-likeness (QED) is 0.542. The van der Waals surface area contributed by atoms with Gasteiger partial charge in [-0.15, -0.1) is 0 Å². The Morgan fingerprint density at radius 1 is 1.27 bits per heavy atom. The van der Waals surface area contributed by atoms with Crippen LogP contribution in [0.25, 0.3) is 5.57 Å². The minimum atomic E-state index is 0.00645. The van der Waals surface area contributed by atoms with Crippen LogP contribution in [-0.2, 0) is 5.75 Å². The number of hydrogen-bond acceptors (Lipinski definition) is 6. The molecule has 154 valence electrons. The fourth-order valence-corrected chi connectivity index (χ4v) is 4.25. The van der Waals surface area contributed by atoms with Crippen molar-refractivity contribution >= 4 is 23.2 Å². The Kier molecular flexibility index (Phi) is 6.18. The first-order valence-corrected chi connectivity index (χ1v) is 10.8. The van der Waals surface area contributed by atoms with Crippen LogP contribution in [0.1, 0.15) is 33.8 Å². The van der Waals surface area contributed by atoms with Crippen molar-refractivity contribution in [3.05, 3.63) is 77.3 Å². The van der Waals surface area contributed by atoms with Gasteiger partial charge in [-0.3, -0.25) is 4.79 Å². The Hall–Kier alpha value is -3.06. The van der Waals surface area contributed by atoms with Crippen LogP contribution in [0.3, 0.4) is 0 Å². The number of carbonyl (C=O) groups is 1. The van der Waals surface area contributed by atoms with E-state index in [1.165, 1.54) is 22.9 Å². The number of aryl methyl sites for hydroxylation is 1. The van der Waals surface area contributed by atoms with Gasteiger partial charge in [0.25, 0.3) is 5.91 Å². The fraction of sp³-hybridized carbons (Fsp3) is 0.261. The molecule has 2 aromatic heterocycles. The van der Waals surface area contributed by atoms with E-state index in [2.05, 4.69) is 28.3 Å². The lowest BCUT2D eigenvalue weighted by molar-refractivity contribution is 0.0768. The molecule has 0 radical (unpaired) electrons.